The van der Waals surface area contributed by atoms with E-state index in [1.165, 1.54) is 30.5 Å². The first-order chi connectivity index (χ1) is 8.66. The van der Waals surface area contributed by atoms with Gasteiger partial charge in [0.05, 0.1) is 12.0 Å². The third-order valence-electron chi connectivity index (χ3n) is 3.04. The minimum atomic E-state index is -0.927. The molecule has 2 aromatic heterocycles. The predicted octanol–water partition coefficient (Wildman–Crippen LogP) is 2.49. The fraction of sp³-hybridized carbons (Fsp3) is 0.417. The summed E-state index contributed by atoms with van der Waals surface area (Å²) in [6.07, 6.45) is 3.83. The first-order valence-corrected chi connectivity index (χ1v) is 6.58. The van der Waals surface area contributed by atoms with Gasteiger partial charge in [-0.2, -0.15) is 0 Å². The topological polar surface area (TPSA) is 72.3 Å². The van der Waals surface area contributed by atoms with E-state index >= 15 is 0 Å². The van der Waals surface area contributed by atoms with Crippen LogP contribution in [0.4, 0.5) is 0 Å². The standard InChI is InChI=1S/C12H12N2O3S/c1-6-8-10(17-4-7-2-3-7)13-5-14-11(8)18-9(6)12(15)16/h5,7H,2-4H2,1H3,(H,15,16). The number of ether oxygens (including phenoxy) is 1. The summed E-state index contributed by atoms with van der Waals surface area (Å²) in [5, 5.41) is 9.84. The van der Waals surface area contributed by atoms with E-state index in [0.29, 0.717) is 33.7 Å². The maximum atomic E-state index is 11.1. The summed E-state index contributed by atoms with van der Waals surface area (Å²) in [5.74, 6) is 0.213. The van der Waals surface area contributed by atoms with Gasteiger partial charge in [-0.05, 0) is 31.2 Å². The third kappa shape index (κ3) is 1.92. The number of carbonyl (C=O) groups is 1. The molecule has 0 amide bonds. The van der Waals surface area contributed by atoms with Gasteiger partial charge in [0.25, 0.3) is 0 Å². The van der Waals surface area contributed by atoms with Crippen molar-refractivity contribution in [2.24, 2.45) is 5.92 Å². The molecule has 0 aromatic carbocycles. The van der Waals surface area contributed by atoms with Crippen molar-refractivity contribution < 1.29 is 14.6 Å². The van der Waals surface area contributed by atoms with E-state index in [4.69, 9.17) is 9.84 Å². The maximum absolute atomic E-state index is 11.1. The molecule has 1 saturated carbocycles. The number of aromatic nitrogens is 2. The number of thiophene rings is 1. The number of fused-ring (bicyclic) bond motifs is 1. The lowest BCUT2D eigenvalue weighted by Crippen LogP contribution is -2.02. The Morgan fingerprint density at radius 3 is 3.00 bits per heavy atom. The van der Waals surface area contributed by atoms with Crippen molar-refractivity contribution in [1.82, 2.24) is 9.97 Å². The van der Waals surface area contributed by atoms with Crippen LogP contribution in [0.1, 0.15) is 28.1 Å². The largest absolute Gasteiger partial charge is 0.477 e. The Morgan fingerprint density at radius 2 is 2.33 bits per heavy atom. The van der Waals surface area contributed by atoms with Crippen molar-refractivity contribution >= 4 is 27.5 Å². The number of hydrogen-bond acceptors (Lipinski definition) is 5. The molecule has 1 aliphatic rings. The quantitative estimate of drug-likeness (QED) is 0.918. The summed E-state index contributed by atoms with van der Waals surface area (Å²) < 4.78 is 5.68. The molecule has 0 saturated heterocycles. The molecule has 1 fully saturated rings. The lowest BCUT2D eigenvalue weighted by molar-refractivity contribution is 0.0701. The Labute approximate surface area is 107 Å². The molecular weight excluding hydrogens is 252 g/mol. The lowest BCUT2D eigenvalue weighted by Gasteiger charge is -2.05. The van der Waals surface area contributed by atoms with Gasteiger partial charge < -0.3 is 9.84 Å². The highest BCUT2D eigenvalue weighted by atomic mass is 32.1. The molecule has 0 bridgehead atoms. The smallest absolute Gasteiger partial charge is 0.346 e. The van der Waals surface area contributed by atoms with Gasteiger partial charge in [0.15, 0.2) is 0 Å². The van der Waals surface area contributed by atoms with E-state index in [1.807, 2.05) is 0 Å². The fourth-order valence-corrected chi connectivity index (χ4v) is 2.81. The van der Waals surface area contributed by atoms with Crippen LogP contribution in [-0.2, 0) is 0 Å². The molecular formula is C12H12N2O3S. The summed E-state index contributed by atoms with van der Waals surface area (Å²) in [6, 6.07) is 0. The van der Waals surface area contributed by atoms with E-state index < -0.39 is 5.97 Å². The van der Waals surface area contributed by atoms with E-state index in [9.17, 15) is 4.79 Å². The molecule has 1 aliphatic carbocycles. The SMILES string of the molecule is Cc1c(C(=O)O)sc2ncnc(OCC3CC3)c12. The van der Waals surface area contributed by atoms with Crippen molar-refractivity contribution in [2.45, 2.75) is 19.8 Å². The van der Waals surface area contributed by atoms with Crippen LogP contribution in [0.2, 0.25) is 0 Å². The first-order valence-electron chi connectivity index (χ1n) is 5.77. The van der Waals surface area contributed by atoms with Crippen molar-refractivity contribution in [2.75, 3.05) is 6.61 Å². The van der Waals surface area contributed by atoms with Crippen molar-refractivity contribution in [3.63, 3.8) is 0 Å². The van der Waals surface area contributed by atoms with Crippen LogP contribution in [0.15, 0.2) is 6.33 Å². The number of carboxylic acids is 1. The van der Waals surface area contributed by atoms with E-state index in [-0.39, 0.29) is 0 Å². The number of aromatic carboxylic acids is 1. The molecule has 18 heavy (non-hydrogen) atoms. The monoisotopic (exact) mass is 264 g/mol. The predicted molar refractivity (Wildman–Crippen MR) is 67.3 cm³/mol. The lowest BCUT2D eigenvalue weighted by atomic mass is 10.2. The number of rotatable bonds is 4. The molecule has 2 aromatic rings. The van der Waals surface area contributed by atoms with Gasteiger partial charge in [0.2, 0.25) is 5.88 Å². The molecule has 0 spiro atoms. The summed E-state index contributed by atoms with van der Waals surface area (Å²) in [7, 11) is 0. The van der Waals surface area contributed by atoms with Gasteiger partial charge in [-0.15, -0.1) is 11.3 Å². The van der Waals surface area contributed by atoms with Crippen molar-refractivity contribution in [3.05, 3.63) is 16.8 Å². The van der Waals surface area contributed by atoms with Crippen LogP contribution in [0.3, 0.4) is 0 Å². The molecule has 1 N–H and O–H groups in total. The first kappa shape index (κ1) is 11.4. The Kier molecular flexibility index (Phi) is 2.66. The molecule has 0 atom stereocenters. The molecule has 94 valence electrons. The number of nitrogens with zero attached hydrogens (tertiary/aromatic N) is 2. The molecule has 6 heteroatoms. The van der Waals surface area contributed by atoms with Crippen LogP contribution >= 0.6 is 11.3 Å². The molecule has 2 heterocycles. The fourth-order valence-electron chi connectivity index (χ4n) is 1.83. The highest BCUT2D eigenvalue weighted by Crippen LogP contribution is 2.35. The van der Waals surface area contributed by atoms with Gasteiger partial charge in [-0.1, -0.05) is 0 Å². The molecule has 0 aliphatic heterocycles. The van der Waals surface area contributed by atoms with E-state index in [1.54, 1.807) is 6.92 Å². The Bertz CT molecular complexity index is 619. The summed E-state index contributed by atoms with van der Waals surface area (Å²) in [4.78, 5) is 20.3. The second-order valence-corrected chi connectivity index (χ2v) is 5.47. The zero-order chi connectivity index (χ0) is 12.7. The van der Waals surface area contributed by atoms with Gasteiger partial charge in [-0.25, -0.2) is 14.8 Å². The molecule has 0 radical (unpaired) electrons. The van der Waals surface area contributed by atoms with Crippen molar-refractivity contribution in [3.8, 4) is 5.88 Å². The van der Waals surface area contributed by atoms with Crippen LogP contribution in [0.5, 0.6) is 5.88 Å². The maximum Gasteiger partial charge on any atom is 0.346 e. The van der Waals surface area contributed by atoms with Gasteiger partial charge in [0.1, 0.15) is 16.0 Å². The number of hydrogen-bond donors (Lipinski definition) is 1. The Hall–Kier alpha value is -1.69. The number of carboxylic acid groups (broad SMARTS) is 1. The highest BCUT2D eigenvalue weighted by molar-refractivity contribution is 7.20. The second-order valence-electron chi connectivity index (χ2n) is 4.47. The van der Waals surface area contributed by atoms with Gasteiger partial charge in [0, 0.05) is 0 Å². The average Bonchev–Trinajstić information content (AvgIpc) is 3.10. The molecule has 5 nitrogen and oxygen atoms in total. The van der Waals surface area contributed by atoms with Crippen LogP contribution in [-0.4, -0.2) is 27.7 Å². The average molecular weight is 264 g/mol. The van der Waals surface area contributed by atoms with Crippen LogP contribution in [0, 0.1) is 12.8 Å². The minimum Gasteiger partial charge on any atom is -0.477 e. The normalized spacial score (nSPS) is 14.9. The van der Waals surface area contributed by atoms with Crippen LogP contribution < -0.4 is 4.74 Å². The Morgan fingerprint density at radius 1 is 1.56 bits per heavy atom. The van der Waals surface area contributed by atoms with E-state index in [0.717, 1.165) is 5.39 Å². The highest BCUT2D eigenvalue weighted by Gasteiger charge is 2.24. The van der Waals surface area contributed by atoms with Crippen LogP contribution in [0.25, 0.3) is 10.2 Å². The zero-order valence-electron chi connectivity index (χ0n) is 9.84. The summed E-state index contributed by atoms with van der Waals surface area (Å²) >= 11 is 1.17. The summed E-state index contributed by atoms with van der Waals surface area (Å²) in [5.41, 5.74) is 0.689. The number of aryl methyl sites for hydroxylation is 1. The minimum absolute atomic E-state index is 0.307. The second kappa shape index (κ2) is 4.20. The molecule has 0 unspecified atom stereocenters. The van der Waals surface area contributed by atoms with Gasteiger partial charge in [-0.3, -0.25) is 0 Å². The zero-order valence-corrected chi connectivity index (χ0v) is 10.7. The Balaban J connectivity index is 2.04. The molecule has 3 rings (SSSR count). The summed E-state index contributed by atoms with van der Waals surface area (Å²) in [6.45, 7) is 2.43. The van der Waals surface area contributed by atoms with Crippen molar-refractivity contribution in [1.29, 1.82) is 0 Å². The van der Waals surface area contributed by atoms with Gasteiger partial charge >= 0.3 is 5.97 Å². The van der Waals surface area contributed by atoms with E-state index in [2.05, 4.69) is 9.97 Å². The third-order valence-corrected chi connectivity index (χ3v) is 4.23.